The van der Waals surface area contributed by atoms with Gasteiger partial charge in [0.25, 0.3) is 5.91 Å². The molecule has 342 valence electrons. The van der Waals surface area contributed by atoms with Crippen molar-refractivity contribution in [1.29, 1.82) is 0 Å². The maximum Gasteiger partial charge on any atom is 0.306 e. The van der Waals surface area contributed by atoms with Gasteiger partial charge in [0.1, 0.15) is 48.3 Å². The third kappa shape index (κ3) is 11.2. The van der Waals surface area contributed by atoms with Crippen molar-refractivity contribution in [3.63, 3.8) is 0 Å². The Bertz CT molecular complexity index is 2390. The molecule has 16 nitrogen and oxygen atoms in total. The standard InChI is InChI=1S/C43H41N5O10.C6H15N/c1-53-31-18-14-29(15-19-31)43(28-12-8-5-9-13-28,30-16-20-32(54-2)21-17-30)58-37-33(24-56-35(51)23-22-34(49)50)57-42(38(37)55-3)48-26-46-36-39(44-25-45-40(36)48)47-41(52)27-10-6-4-7-11-27;1-4-7(5-2)6-3/h4-21,25-26,33,37-38,42H,22-24H2,1-3H3,(H,49,50)(H,44,45,47,52);4-6H2,1-3H3/t33-,37-,38-,42-;/m1./s1. The molecule has 3 heterocycles. The van der Waals surface area contributed by atoms with E-state index >= 15 is 0 Å². The Balaban J connectivity index is 0.000000925. The van der Waals surface area contributed by atoms with Crippen LogP contribution in [0.2, 0.25) is 0 Å². The molecule has 0 radical (unpaired) electrons. The summed E-state index contributed by atoms with van der Waals surface area (Å²) in [5.74, 6) is -0.771. The van der Waals surface area contributed by atoms with Gasteiger partial charge in [-0.1, -0.05) is 93.6 Å². The van der Waals surface area contributed by atoms with E-state index in [4.69, 9.17) is 28.4 Å². The SMILES string of the molecule is CCN(CC)CC.COc1ccc(C(O[C@H]2[C@@H](OC)[C@H](n3cnc4c(NC(=O)c5ccccc5)ncnc43)O[C@@H]2COC(=O)CCC(=O)O)(c2ccccc2)c2ccc(OC)cc2)cc1. The zero-order chi connectivity index (χ0) is 46.3. The molecule has 4 aromatic carbocycles. The van der Waals surface area contributed by atoms with Crippen LogP contribution in [0.25, 0.3) is 11.2 Å². The summed E-state index contributed by atoms with van der Waals surface area (Å²) >= 11 is 0. The summed E-state index contributed by atoms with van der Waals surface area (Å²) in [4.78, 5) is 53.0. The Hall–Kier alpha value is -6.72. The molecule has 4 atom stereocenters. The second-order valence-electron chi connectivity index (χ2n) is 14.9. The van der Waals surface area contributed by atoms with Crippen LogP contribution in [0.4, 0.5) is 5.82 Å². The second-order valence-corrected chi connectivity index (χ2v) is 14.9. The Labute approximate surface area is 378 Å². The molecule has 1 aliphatic heterocycles. The lowest BCUT2D eigenvalue weighted by atomic mass is 9.79. The Morgan fingerprint density at radius 3 is 1.83 bits per heavy atom. The predicted octanol–water partition coefficient (Wildman–Crippen LogP) is 7.14. The molecule has 1 amide bonds. The van der Waals surface area contributed by atoms with E-state index in [1.807, 2.05) is 84.9 Å². The van der Waals surface area contributed by atoms with E-state index in [0.29, 0.717) is 28.2 Å². The first-order valence-electron chi connectivity index (χ1n) is 21.4. The van der Waals surface area contributed by atoms with E-state index in [1.165, 1.54) is 39.4 Å². The maximum absolute atomic E-state index is 13.1. The molecule has 0 saturated carbocycles. The largest absolute Gasteiger partial charge is 0.497 e. The molecule has 65 heavy (non-hydrogen) atoms. The molecular formula is C49H56N6O10. The number of amides is 1. The molecule has 2 N–H and O–H groups in total. The summed E-state index contributed by atoms with van der Waals surface area (Å²) in [5.41, 5.74) is 1.95. The van der Waals surface area contributed by atoms with Crippen LogP contribution in [0.5, 0.6) is 11.5 Å². The van der Waals surface area contributed by atoms with Crippen molar-refractivity contribution in [2.24, 2.45) is 0 Å². The number of esters is 1. The summed E-state index contributed by atoms with van der Waals surface area (Å²) in [5, 5.41) is 12.0. The number of aliphatic carboxylic acids is 1. The summed E-state index contributed by atoms with van der Waals surface area (Å²) in [6.07, 6.45) is -1.72. The summed E-state index contributed by atoms with van der Waals surface area (Å²) in [6.45, 7) is 9.82. The number of hydrogen-bond acceptors (Lipinski definition) is 13. The lowest BCUT2D eigenvalue weighted by Gasteiger charge is -2.40. The van der Waals surface area contributed by atoms with Crippen LogP contribution in [-0.2, 0) is 34.1 Å². The molecular weight excluding hydrogens is 833 g/mol. The summed E-state index contributed by atoms with van der Waals surface area (Å²) in [6, 6.07) is 33.4. The monoisotopic (exact) mass is 888 g/mol. The zero-order valence-corrected chi connectivity index (χ0v) is 37.5. The molecule has 6 aromatic rings. The van der Waals surface area contributed by atoms with E-state index in [0.717, 1.165) is 16.7 Å². The van der Waals surface area contributed by atoms with Crippen molar-refractivity contribution in [3.05, 3.63) is 144 Å². The smallest absolute Gasteiger partial charge is 0.306 e. The molecule has 0 unspecified atom stereocenters. The lowest BCUT2D eigenvalue weighted by Crippen LogP contribution is -2.46. The number of rotatable bonds is 19. The van der Waals surface area contributed by atoms with Gasteiger partial charge in [0.05, 0.1) is 33.4 Å². The van der Waals surface area contributed by atoms with Gasteiger partial charge >= 0.3 is 11.9 Å². The van der Waals surface area contributed by atoms with Crippen molar-refractivity contribution in [2.45, 2.75) is 63.8 Å². The molecule has 0 spiro atoms. The quantitative estimate of drug-likeness (QED) is 0.0618. The number of nitrogens with zero attached hydrogens (tertiary/aromatic N) is 5. The average Bonchev–Trinajstić information content (AvgIpc) is 3.94. The minimum absolute atomic E-state index is 0.184. The first-order valence-corrected chi connectivity index (χ1v) is 21.4. The highest BCUT2D eigenvalue weighted by molar-refractivity contribution is 6.06. The first kappa shape index (κ1) is 47.8. The number of methoxy groups -OCH3 is 3. The van der Waals surface area contributed by atoms with E-state index < -0.39 is 48.5 Å². The average molecular weight is 889 g/mol. The molecule has 2 aromatic heterocycles. The van der Waals surface area contributed by atoms with Crippen molar-refractivity contribution < 1.29 is 47.9 Å². The Morgan fingerprint density at radius 1 is 0.738 bits per heavy atom. The van der Waals surface area contributed by atoms with Crippen molar-refractivity contribution >= 4 is 34.8 Å². The molecule has 0 aliphatic carbocycles. The van der Waals surface area contributed by atoms with Crippen LogP contribution in [-0.4, -0.2) is 113 Å². The third-order valence-corrected chi connectivity index (χ3v) is 11.2. The first-order chi connectivity index (χ1) is 31.6. The molecule has 1 saturated heterocycles. The maximum atomic E-state index is 13.1. The third-order valence-electron chi connectivity index (χ3n) is 11.2. The lowest BCUT2D eigenvalue weighted by molar-refractivity contribution is -0.156. The van der Waals surface area contributed by atoms with Gasteiger partial charge < -0.3 is 43.7 Å². The fraction of sp³-hybridized carbons (Fsp3) is 0.347. The van der Waals surface area contributed by atoms with E-state index in [2.05, 4.69) is 45.9 Å². The highest BCUT2D eigenvalue weighted by Crippen LogP contribution is 2.46. The van der Waals surface area contributed by atoms with E-state index in [-0.39, 0.29) is 24.8 Å². The number of nitrogens with one attached hydrogen (secondary N) is 1. The number of aromatic nitrogens is 4. The van der Waals surface area contributed by atoms with Gasteiger partial charge in [0.2, 0.25) is 0 Å². The molecule has 1 fully saturated rings. The normalized spacial score (nSPS) is 17.0. The van der Waals surface area contributed by atoms with E-state index in [1.54, 1.807) is 43.1 Å². The number of anilines is 1. The number of hydrogen-bond donors (Lipinski definition) is 2. The number of carboxylic acid groups (broad SMARTS) is 1. The van der Waals surface area contributed by atoms with Gasteiger partial charge in [-0.05, 0) is 72.7 Å². The van der Waals surface area contributed by atoms with Crippen LogP contribution < -0.4 is 14.8 Å². The molecule has 16 heteroatoms. The number of carbonyl (C=O) groups excluding carboxylic acids is 2. The number of imidazole rings is 1. The molecule has 7 rings (SSSR count). The number of benzene rings is 4. The Morgan fingerprint density at radius 2 is 1.31 bits per heavy atom. The van der Waals surface area contributed by atoms with Crippen molar-refractivity contribution in [1.82, 2.24) is 24.4 Å². The van der Waals surface area contributed by atoms with Crippen LogP contribution >= 0.6 is 0 Å². The number of ether oxygens (including phenoxy) is 6. The number of carbonyl (C=O) groups is 3. The zero-order valence-electron chi connectivity index (χ0n) is 37.5. The topological polar surface area (TPSA) is 186 Å². The molecule has 1 aliphatic rings. The minimum Gasteiger partial charge on any atom is -0.497 e. The van der Waals surface area contributed by atoms with Gasteiger partial charge in [-0.2, -0.15) is 0 Å². The predicted molar refractivity (Wildman–Crippen MR) is 243 cm³/mol. The fourth-order valence-corrected chi connectivity index (χ4v) is 7.72. The number of fused-ring (bicyclic) bond motifs is 1. The van der Waals surface area contributed by atoms with Crippen LogP contribution in [0, 0.1) is 0 Å². The second kappa shape index (κ2) is 22.8. The fourth-order valence-electron chi connectivity index (χ4n) is 7.72. The van der Waals surface area contributed by atoms with Crippen molar-refractivity contribution in [3.8, 4) is 11.5 Å². The van der Waals surface area contributed by atoms with Crippen LogP contribution in [0.15, 0.2) is 122 Å². The summed E-state index contributed by atoms with van der Waals surface area (Å²) < 4.78 is 38.8. The number of carboxylic acids is 1. The van der Waals surface area contributed by atoms with Crippen molar-refractivity contribution in [2.75, 3.05) is 52.9 Å². The highest BCUT2D eigenvalue weighted by Gasteiger charge is 2.53. The minimum atomic E-state index is -1.33. The molecule has 0 bridgehead atoms. The van der Waals surface area contributed by atoms with Gasteiger partial charge in [0, 0.05) is 12.7 Å². The van der Waals surface area contributed by atoms with Crippen LogP contribution in [0.1, 0.15) is 66.9 Å². The summed E-state index contributed by atoms with van der Waals surface area (Å²) in [7, 11) is 4.70. The highest BCUT2D eigenvalue weighted by atomic mass is 16.6. The Kier molecular flexibility index (Phi) is 16.7. The van der Waals surface area contributed by atoms with Gasteiger partial charge in [0.15, 0.2) is 23.2 Å². The van der Waals surface area contributed by atoms with Gasteiger partial charge in [-0.15, -0.1) is 0 Å². The van der Waals surface area contributed by atoms with E-state index in [9.17, 15) is 19.5 Å². The van der Waals surface area contributed by atoms with Crippen LogP contribution in [0.3, 0.4) is 0 Å². The van der Waals surface area contributed by atoms with Gasteiger partial charge in [-0.25, -0.2) is 15.0 Å². The van der Waals surface area contributed by atoms with Gasteiger partial charge in [-0.3, -0.25) is 19.0 Å².